The molecule has 1 aliphatic rings. The smallest absolute Gasteiger partial charge is 0.399 e. The lowest BCUT2D eigenvalue weighted by atomic mass is 9.78. The molecule has 0 atom stereocenters. The van der Waals surface area contributed by atoms with E-state index < -0.39 is 24.2 Å². The zero-order valence-electron chi connectivity index (χ0n) is 15.2. The number of carbonyl (C=O) groups is 1. The van der Waals surface area contributed by atoms with Gasteiger partial charge < -0.3 is 20.4 Å². The van der Waals surface area contributed by atoms with Gasteiger partial charge in [-0.15, -0.1) is 0 Å². The minimum Gasteiger partial charge on any atom is -0.399 e. The highest BCUT2D eigenvalue weighted by atomic mass is 16.7. The number of aromatic nitrogens is 2. The van der Waals surface area contributed by atoms with Crippen molar-refractivity contribution in [3.05, 3.63) is 36.2 Å². The van der Waals surface area contributed by atoms with Gasteiger partial charge in [-0.3, -0.25) is 9.48 Å². The molecule has 3 N–H and O–H groups in total. The number of rotatable bonds is 4. The van der Waals surface area contributed by atoms with E-state index in [-0.39, 0.29) is 0 Å². The molecular weight excluding hydrogens is 319 g/mol. The van der Waals surface area contributed by atoms with E-state index >= 15 is 0 Å². The average molecular weight is 342 g/mol. The molecule has 1 fully saturated rings. The molecule has 3 rings (SSSR count). The molecule has 2 heterocycles. The average Bonchev–Trinajstić information content (AvgIpc) is 2.99. The first-order chi connectivity index (χ1) is 11.6. The summed E-state index contributed by atoms with van der Waals surface area (Å²) in [6.07, 6.45) is 3.48. The third-order valence-electron chi connectivity index (χ3n) is 4.82. The van der Waals surface area contributed by atoms with Crippen LogP contribution in [0.4, 0.5) is 11.4 Å². The number of hydrogen-bond donors (Lipinski definition) is 2. The summed E-state index contributed by atoms with van der Waals surface area (Å²) in [4.78, 5) is 11.8. The third kappa shape index (κ3) is 3.27. The van der Waals surface area contributed by atoms with Gasteiger partial charge in [-0.1, -0.05) is 6.07 Å². The summed E-state index contributed by atoms with van der Waals surface area (Å²) in [5, 5.41) is 7.30. The molecule has 1 amide bonds. The normalized spacial score (nSPS) is 18.4. The fraction of sp³-hybridized carbons (Fsp3) is 0.412. The van der Waals surface area contributed by atoms with Gasteiger partial charge in [0, 0.05) is 13.2 Å². The van der Waals surface area contributed by atoms with Crippen molar-refractivity contribution in [2.45, 2.75) is 38.9 Å². The molecule has 25 heavy (non-hydrogen) atoms. The number of nitrogens with one attached hydrogen (secondary N) is 1. The first-order valence-corrected chi connectivity index (χ1v) is 8.14. The predicted molar refractivity (Wildman–Crippen MR) is 97.2 cm³/mol. The SMILES string of the molecule is Cn1cc(Nc2cc(B3OC(C)(C)C(C)(C)O3)ccc2C(N)=O)cn1. The fourth-order valence-electron chi connectivity index (χ4n) is 2.65. The number of carbonyl (C=O) groups excluding carboxylic acids is 1. The topological polar surface area (TPSA) is 91.4 Å². The second-order valence-corrected chi connectivity index (χ2v) is 7.29. The zero-order chi connectivity index (χ0) is 18.4. The maximum atomic E-state index is 11.8. The summed E-state index contributed by atoms with van der Waals surface area (Å²) in [5.74, 6) is -0.508. The van der Waals surface area contributed by atoms with Crippen molar-refractivity contribution in [3.63, 3.8) is 0 Å². The van der Waals surface area contributed by atoms with Crippen molar-refractivity contribution in [2.24, 2.45) is 12.8 Å². The van der Waals surface area contributed by atoms with Crippen molar-refractivity contribution >= 4 is 29.9 Å². The van der Waals surface area contributed by atoms with E-state index in [0.717, 1.165) is 11.2 Å². The zero-order valence-corrected chi connectivity index (χ0v) is 15.2. The van der Waals surface area contributed by atoms with Gasteiger partial charge in [0.15, 0.2) is 0 Å². The van der Waals surface area contributed by atoms with Crippen molar-refractivity contribution < 1.29 is 14.1 Å². The molecule has 0 unspecified atom stereocenters. The molecule has 0 saturated carbocycles. The van der Waals surface area contributed by atoms with Gasteiger partial charge >= 0.3 is 7.12 Å². The lowest BCUT2D eigenvalue weighted by molar-refractivity contribution is 0.00578. The molecule has 1 aromatic heterocycles. The van der Waals surface area contributed by atoms with Crippen LogP contribution in [0, 0.1) is 0 Å². The fourth-order valence-corrected chi connectivity index (χ4v) is 2.65. The highest BCUT2D eigenvalue weighted by molar-refractivity contribution is 6.62. The number of nitrogens with zero attached hydrogens (tertiary/aromatic N) is 2. The quantitative estimate of drug-likeness (QED) is 0.823. The second-order valence-electron chi connectivity index (χ2n) is 7.29. The van der Waals surface area contributed by atoms with Gasteiger partial charge in [-0.2, -0.15) is 5.10 Å². The monoisotopic (exact) mass is 342 g/mol. The van der Waals surface area contributed by atoms with E-state index in [9.17, 15) is 4.79 Å². The minimum atomic E-state index is -0.513. The lowest BCUT2D eigenvalue weighted by Crippen LogP contribution is -2.41. The van der Waals surface area contributed by atoms with E-state index in [1.54, 1.807) is 23.0 Å². The van der Waals surface area contributed by atoms with E-state index in [0.29, 0.717) is 11.3 Å². The van der Waals surface area contributed by atoms with Crippen molar-refractivity contribution in [1.29, 1.82) is 0 Å². The lowest BCUT2D eigenvalue weighted by Gasteiger charge is -2.32. The van der Waals surface area contributed by atoms with Gasteiger partial charge in [-0.25, -0.2) is 0 Å². The molecule has 1 aromatic carbocycles. The van der Waals surface area contributed by atoms with Gasteiger partial charge in [0.05, 0.1) is 34.3 Å². The first kappa shape index (κ1) is 17.5. The third-order valence-corrected chi connectivity index (χ3v) is 4.82. The Hall–Kier alpha value is -2.32. The van der Waals surface area contributed by atoms with E-state index in [1.165, 1.54) is 0 Å². The molecule has 7 nitrogen and oxygen atoms in total. The molecule has 0 radical (unpaired) electrons. The first-order valence-electron chi connectivity index (χ1n) is 8.14. The molecular formula is C17H23BN4O3. The highest BCUT2D eigenvalue weighted by Gasteiger charge is 2.51. The molecule has 1 aliphatic heterocycles. The number of anilines is 2. The molecule has 8 heteroatoms. The van der Waals surface area contributed by atoms with Gasteiger partial charge in [-0.05, 0) is 45.3 Å². The highest BCUT2D eigenvalue weighted by Crippen LogP contribution is 2.36. The van der Waals surface area contributed by atoms with Crippen LogP contribution in [0.5, 0.6) is 0 Å². The number of amides is 1. The molecule has 0 spiro atoms. The largest absolute Gasteiger partial charge is 0.494 e. The van der Waals surface area contributed by atoms with Crippen LogP contribution in [0.2, 0.25) is 0 Å². The Balaban J connectivity index is 1.95. The Morgan fingerprint density at radius 2 is 1.88 bits per heavy atom. The molecule has 0 aliphatic carbocycles. The van der Waals surface area contributed by atoms with Gasteiger partial charge in [0.2, 0.25) is 0 Å². The Morgan fingerprint density at radius 1 is 1.24 bits per heavy atom. The number of primary amides is 1. The van der Waals surface area contributed by atoms with Crippen LogP contribution < -0.4 is 16.5 Å². The number of aryl methyl sites for hydroxylation is 1. The predicted octanol–water partition coefficient (Wildman–Crippen LogP) is 1.56. The number of benzene rings is 1. The van der Waals surface area contributed by atoms with E-state index in [2.05, 4.69) is 10.4 Å². The van der Waals surface area contributed by atoms with Crippen molar-refractivity contribution in [3.8, 4) is 0 Å². The summed E-state index contributed by atoms with van der Waals surface area (Å²) in [6.45, 7) is 8.00. The minimum absolute atomic E-state index is 0.393. The Labute approximate surface area is 147 Å². The number of nitrogens with two attached hydrogens (primary N) is 1. The standard InChI is InChI=1S/C17H23BN4O3/c1-16(2)17(3,4)25-18(24-16)11-6-7-13(15(19)23)14(8-11)21-12-9-20-22(5)10-12/h6-10,21H,1-5H3,(H2,19,23). The van der Waals surface area contributed by atoms with Crippen LogP contribution in [0.3, 0.4) is 0 Å². The summed E-state index contributed by atoms with van der Waals surface area (Å²) >= 11 is 0. The Morgan fingerprint density at radius 3 is 2.40 bits per heavy atom. The van der Waals surface area contributed by atoms with Crippen LogP contribution >= 0.6 is 0 Å². The number of hydrogen-bond acceptors (Lipinski definition) is 5. The molecule has 1 saturated heterocycles. The maximum Gasteiger partial charge on any atom is 0.494 e. The molecule has 132 valence electrons. The van der Waals surface area contributed by atoms with Crippen molar-refractivity contribution in [1.82, 2.24) is 9.78 Å². The molecule has 2 aromatic rings. The van der Waals surface area contributed by atoms with Crippen LogP contribution in [-0.2, 0) is 16.4 Å². The second kappa shape index (κ2) is 5.89. The van der Waals surface area contributed by atoms with E-state index in [1.807, 2.05) is 47.0 Å². The van der Waals surface area contributed by atoms with Crippen LogP contribution in [0.25, 0.3) is 0 Å². The van der Waals surface area contributed by atoms with Crippen LogP contribution in [0.1, 0.15) is 38.1 Å². The summed E-state index contributed by atoms with van der Waals surface area (Å²) in [6, 6.07) is 5.31. The summed E-state index contributed by atoms with van der Waals surface area (Å²) in [7, 11) is 1.31. The van der Waals surface area contributed by atoms with Crippen LogP contribution in [0.15, 0.2) is 30.6 Å². The summed E-state index contributed by atoms with van der Waals surface area (Å²) in [5.41, 5.74) is 7.19. The Bertz CT molecular complexity index is 800. The Kier molecular flexibility index (Phi) is 4.13. The maximum absolute atomic E-state index is 11.8. The summed E-state index contributed by atoms with van der Waals surface area (Å²) < 4.78 is 13.8. The van der Waals surface area contributed by atoms with Crippen LogP contribution in [-0.4, -0.2) is 34.0 Å². The van der Waals surface area contributed by atoms with E-state index in [4.69, 9.17) is 15.0 Å². The van der Waals surface area contributed by atoms with Gasteiger partial charge in [0.25, 0.3) is 5.91 Å². The van der Waals surface area contributed by atoms with Crippen molar-refractivity contribution in [2.75, 3.05) is 5.32 Å². The molecule has 0 bridgehead atoms. The van der Waals surface area contributed by atoms with Gasteiger partial charge in [0.1, 0.15) is 0 Å².